The van der Waals surface area contributed by atoms with Gasteiger partial charge in [-0.2, -0.15) is 0 Å². The molecule has 1 amide bonds. The maximum atomic E-state index is 13.4. The summed E-state index contributed by atoms with van der Waals surface area (Å²) >= 11 is 0. The third kappa shape index (κ3) is 4.44. The van der Waals surface area contributed by atoms with E-state index in [4.69, 9.17) is 0 Å². The lowest BCUT2D eigenvalue weighted by molar-refractivity contribution is -0.135. The number of rotatable bonds is 6. The molecule has 1 aromatic carbocycles. The van der Waals surface area contributed by atoms with E-state index in [2.05, 4.69) is 33.3 Å². The van der Waals surface area contributed by atoms with Gasteiger partial charge in [-0.3, -0.25) is 9.78 Å². The fourth-order valence-corrected chi connectivity index (χ4v) is 4.63. The number of fused-ring (bicyclic) bond motifs is 1. The van der Waals surface area contributed by atoms with Crippen molar-refractivity contribution < 1.29 is 4.79 Å². The number of pyridine rings is 2. The Kier molecular flexibility index (Phi) is 6.02. The maximum Gasteiger partial charge on any atom is 0.245 e. The fraction of sp³-hybridized carbons (Fsp3) is 0.308. The molecule has 7 heteroatoms. The smallest absolute Gasteiger partial charge is 0.245 e. The van der Waals surface area contributed by atoms with Gasteiger partial charge in [0.05, 0.1) is 29.2 Å². The Labute approximate surface area is 193 Å². The molecule has 1 unspecified atom stereocenters. The second-order valence-corrected chi connectivity index (χ2v) is 8.48. The molecule has 1 aliphatic heterocycles. The summed E-state index contributed by atoms with van der Waals surface area (Å²) in [5.74, 6) is 1.35. The zero-order chi connectivity index (χ0) is 22.6. The van der Waals surface area contributed by atoms with Crippen molar-refractivity contribution in [1.82, 2.24) is 24.4 Å². The summed E-state index contributed by atoms with van der Waals surface area (Å²) in [6.07, 6.45) is 8.01. The van der Waals surface area contributed by atoms with Gasteiger partial charge in [-0.05, 0) is 55.7 Å². The Balaban J connectivity index is 1.22. The molecule has 33 heavy (non-hydrogen) atoms. The lowest BCUT2D eigenvalue weighted by atomic mass is 9.92. The van der Waals surface area contributed by atoms with Gasteiger partial charge >= 0.3 is 0 Å². The quantitative estimate of drug-likeness (QED) is 0.460. The highest BCUT2D eigenvalue weighted by Crippen LogP contribution is 2.30. The highest BCUT2D eigenvalue weighted by molar-refractivity contribution is 5.84. The van der Waals surface area contributed by atoms with Crippen molar-refractivity contribution in [1.29, 1.82) is 0 Å². The van der Waals surface area contributed by atoms with Crippen molar-refractivity contribution >= 4 is 28.4 Å². The number of hydrogen-bond donors (Lipinski definition) is 1. The number of nitrogens with zero attached hydrogens (tertiary/aromatic N) is 5. The van der Waals surface area contributed by atoms with E-state index >= 15 is 0 Å². The molecule has 0 radical (unpaired) electrons. The molecule has 0 bridgehead atoms. The Morgan fingerprint density at radius 2 is 1.85 bits per heavy atom. The van der Waals surface area contributed by atoms with Crippen molar-refractivity contribution in [2.45, 2.75) is 38.1 Å². The van der Waals surface area contributed by atoms with Crippen LogP contribution in [0, 0.1) is 0 Å². The zero-order valence-corrected chi connectivity index (χ0v) is 18.8. The van der Waals surface area contributed by atoms with Gasteiger partial charge < -0.3 is 14.8 Å². The SMILES string of the molecule is CCC(C(=O)N1CCC(c2ccc(Nc3ccccn3)cn2)CC1)n1cnc2ccccc21. The van der Waals surface area contributed by atoms with E-state index in [1.54, 1.807) is 12.5 Å². The van der Waals surface area contributed by atoms with Crippen LogP contribution in [0.1, 0.15) is 43.8 Å². The predicted octanol–water partition coefficient (Wildman–Crippen LogP) is 4.93. The van der Waals surface area contributed by atoms with Gasteiger partial charge in [0.1, 0.15) is 11.9 Å². The minimum atomic E-state index is -0.218. The van der Waals surface area contributed by atoms with Crippen LogP contribution in [0.25, 0.3) is 11.0 Å². The lowest BCUT2D eigenvalue weighted by Gasteiger charge is -2.34. The highest BCUT2D eigenvalue weighted by Gasteiger charge is 2.30. The lowest BCUT2D eigenvalue weighted by Crippen LogP contribution is -2.42. The maximum absolute atomic E-state index is 13.4. The number of nitrogens with one attached hydrogen (secondary N) is 1. The first-order chi connectivity index (χ1) is 16.2. The van der Waals surface area contributed by atoms with Crippen molar-refractivity contribution in [3.05, 3.63) is 79.0 Å². The predicted molar refractivity (Wildman–Crippen MR) is 129 cm³/mol. The Morgan fingerprint density at radius 1 is 1.03 bits per heavy atom. The van der Waals surface area contributed by atoms with Crippen molar-refractivity contribution in [3.8, 4) is 0 Å². The monoisotopic (exact) mass is 440 g/mol. The van der Waals surface area contributed by atoms with Crippen LogP contribution in [-0.4, -0.2) is 43.4 Å². The Morgan fingerprint density at radius 3 is 2.58 bits per heavy atom. The summed E-state index contributed by atoms with van der Waals surface area (Å²) in [6, 6.07) is 17.7. The van der Waals surface area contributed by atoms with Crippen LogP contribution in [0.5, 0.6) is 0 Å². The molecule has 7 nitrogen and oxygen atoms in total. The number of anilines is 2. The van der Waals surface area contributed by atoms with Crippen molar-refractivity contribution in [2.24, 2.45) is 0 Å². The summed E-state index contributed by atoms with van der Waals surface area (Å²) in [7, 11) is 0. The number of hydrogen-bond acceptors (Lipinski definition) is 5. The van der Waals surface area contributed by atoms with Gasteiger partial charge in [0.15, 0.2) is 0 Å². The molecular formula is C26H28N6O. The van der Waals surface area contributed by atoms with Gasteiger partial charge in [-0.15, -0.1) is 0 Å². The summed E-state index contributed by atoms with van der Waals surface area (Å²) in [5, 5.41) is 3.27. The van der Waals surface area contributed by atoms with Gasteiger partial charge in [0.25, 0.3) is 0 Å². The third-order valence-corrected chi connectivity index (χ3v) is 6.44. The summed E-state index contributed by atoms with van der Waals surface area (Å²) in [4.78, 5) is 28.8. The second-order valence-electron chi connectivity index (χ2n) is 8.48. The van der Waals surface area contributed by atoms with Crippen LogP contribution in [-0.2, 0) is 4.79 Å². The van der Waals surface area contributed by atoms with E-state index in [1.807, 2.05) is 64.2 Å². The van der Waals surface area contributed by atoms with Crippen LogP contribution in [0.15, 0.2) is 73.3 Å². The third-order valence-electron chi connectivity index (χ3n) is 6.44. The first-order valence-corrected chi connectivity index (χ1v) is 11.6. The molecule has 1 atom stereocenters. The molecule has 168 valence electrons. The van der Waals surface area contributed by atoms with E-state index < -0.39 is 0 Å². The molecule has 0 spiro atoms. The van der Waals surface area contributed by atoms with E-state index in [1.165, 1.54) is 0 Å². The summed E-state index contributed by atoms with van der Waals surface area (Å²) in [6.45, 7) is 3.57. The zero-order valence-electron chi connectivity index (χ0n) is 18.8. The normalized spacial score (nSPS) is 15.5. The average molecular weight is 441 g/mol. The van der Waals surface area contributed by atoms with Crippen molar-refractivity contribution in [3.63, 3.8) is 0 Å². The van der Waals surface area contributed by atoms with Crippen LogP contribution in [0.4, 0.5) is 11.5 Å². The first-order valence-electron chi connectivity index (χ1n) is 11.6. The van der Waals surface area contributed by atoms with Gasteiger partial charge in [0.2, 0.25) is 5.91 Å². The molecule has 1 aliphatic rings. The molecule has 1 saturated heterocycles. The number of carbonyl (C=O) groups is 1. The summed E-state index contributed by atoms with van der Waals surface area (Å²) in [5.41, 5.74) is 3.94. The van der Waals surface area contributed by atoms with Gasteiger partial charge in [-0.25, -0.2) is 9.97 Å². The number of piperidine rings is 1. The number of carbonyl (C=O) groups excluding carboxylic acids is 1. The van der Waals surface area contributed by atoms with Gasteiger partial charge in [-0.1, -0.05) is 25.1 Å². The van der Waals surface area contributed by atoms with Crippen LogP contribution < -0.4 is 5.32 Å². The van der Waals surface area contributed by atoms with Crippen molar-refractivity contribution in [2.75, 3.05) is 18.4 Å². The van der Waals surface area contributed by atoms with E-state index in [0.717, 1.165) is 60.6 Å². The molecule has 0 aliphatic carbocycles. The van der Waals surface area contributed by atoms with Crippen LogP contribution in [0.2, 0.25) is 0 Å². The van der Waals surface area contributed by atoms with E-state index in [0.29, 0.717) is 5.92 Å². The second kappa shape index (κ2) is 9.40. The molecule has 1 N–H and O–H groups in total. The Bertz CT molecular complexity index is 1210. The first kappa shape index (κ1) is 21.1. The Hall–Kier alpha value is -3.74. The topological polar surface area (TPSA) is 75.9 Å². The summed E-state index contributed by atoms with van der Waals surface area (Å²) < 4.78 is 2.03. The molecule has 4 aromatic rings. The number of amides is 1. The molecule has 5 rings (SSSR count). The molecule has 0 saturated carbocycles. The number of benzene rings is 1. The molecule has 1 fully saturated rings. The molecular weight excluding hydrogens is 412 g/mol. The van der Waals surface area contributed by atoms with Gasteiger partial charge in [0, 0.05) is 30.9 Å². The standard InChI is InChI=1S/C26H28N6O/c1-2-23(32-18-29-22-7-3-4-8-24(22)32)26(33)31-15-12-19(13-16-31)21-11-10-20(17-28-21)30-25-9-5-6-14-27-25/h3-11,14,17-19,23H,2,12-13,15-16H2,1H3,(H,27,30). The largest absolute Gasteiger partial charge is 0.341 e. The van der Waals surface area contributed by atoms with Crippen LogP contribution >= 0.6 is 0 Å². The highest BCUT2D eigenvalue weighted by atomic mass is 16.2. The molecule has 4 heterocycles. The van der Waals surface area contributed by atoms with Crippen LogP contribution in [0.3, 0.4) is 0 Å². The number of likely N-dealkylation sites (tertiary alicyclic amines) is 1. The average Bonchev–Trinajstić information content (AvgIpc) is 3.30. The number of aromatic nitrogens is 4. The van der Waals surface area contributed by atoms with E-state index in [-0.39, 0.29) is 11.9 Å². The molecule has 3 aromatic heterocycles. The number of imidazole rings is 1. The minimum absolute atomic E-state index is 0.182. The number of para-hydroxylation sites is 2. The van der Waals surface area contributed by atoms with E-state index in [9.17, 15) is 4.79 Å². The minimum Gasteiger partial charge on any atom is -0.341 e. The fourth-order valence-electron chi connectivity index (χ4n) is 4.63.